The van der Waals surface area contributed by atoms with E-state index in [1.165, 1.54) is 0 Å². The Labute approximate surface area is 81.1 Å². The average Bonchev–Trinajstić information content (AvgIpc) is 2.00. The van der Waals surface area contributed by atoms with Crippen molar-refractivity contribution in [3.05, 3.63) is 0 Å². The Hall–Kier alpha value is -0.150. The van der Waals surface area contributed by atoms with Crippen LogP contribution in [-0.4, -0.2) is 29.0 Å². The molecule has 3 heteroatoms. The van der Waals surface area contributed by atoms with Crippen molar-refractivity contribution >= 4 is 17.2 Å². The fourth-order valence-electron chi connectivity index (χ4n) is 0.850. The van der Waals surface area contributed by atoms with Crippen LogP contribution in [0.2, 0.25) is 0 Å². The molecule has 0 aromatic rings. The molecule has 2 N–H and O–H groups in total. The predicted molar refractivity (Wildman–Crippen MR) is 58.4 cm³/mol. The molecule has 0 saturated carbocycles. The third-order valence-corrected chi connectivity index (χ3v) is 2.80. The van der Waals surface area contributed by atoms with Crippen molar-refractivity contribution in [1.82, 2.24) is 4.90 Å². The lowest BCUT2D eigenvalue weighted by Gasteiger charge is -2.34. The van der Waals surface area contributed by atoms with E-state index in [2.05, 4.69) is 32.7 Å². The maximum atomic E-state index is 5.43. The van der Waals surface area contributed by atoms with Crippen LogP contribution in [-0.2, 0) is 0 Å². The van der Waals surface area contributed by atoms with E-state index < -0.39 is 0 Å². The molecule has 0 heterocycles. The van der Waals surface area contributed by atoms with Crippen molar-refractivity contribution in [2.24, 2.45) is 5.73 Å². The van der Waals surface area contributed by atoms with Gasteiger partial charge in [-0.25, -0.2) is 0 Å². The molecule has 0 unspecified atom stereocenters. The topological polar surface area (TPSA) is 29.3 Å². The smallest absolute Gasteiger partial charge is 0.0740 e. The van der Waals surface area contributed by atoms with Crippen LogP contribution in [0.25, 0.3) is 0 Å². The Bertz CT molecular complexity index is 155. The van der Waals surface area contributed by atoms with Gasteiger partial charge in [-0.1, -0.05) is 19.1 Å². The molecule has 0 radical (unpaired) electrons. The van der Waals surface area contributed by atoms with Gasteiger partial charge in [0.15, 0.2) is 0 Å². The maximum Gasteiger partial charge on any atom is 0.0740 e. The van der Waals surface area contributed by atoms with E-state index >= 15 is 0 Å². The Morgan fingerprint density at radius 3 is 2.33 bits per heavy atom. The normalized spacial score (nSPS) is 12.1. The standard InChI is InChI=1S/C9H20N2S/c1-5-9(2,3)11(4)7-6-8(10)12/h5-7H2,1-4H3,(H2,10,12). The number of nitrogens with two attached hydrogens (primary N) is 1. The summed E-state index contributed by atoms with van der Waals surface area (Å²) in [6, 6.07) is 0. The molecule has 0 rings (SSSR count). The summed E-state index contributed by atoms with van der Waals surface area (Å²) in [6.07, 6.45) is 1.95. The molecule has 0 aliphatic rings. The molecule has 12 heavy (non-hydrogen) atoms. The molecular formula is C9H20N2S. The van der Waals surface area contributed by atoms with Gasteiger partial charge in [0.1, 0.15) is 0 Å². The van der Waals surface area contributed by atoms with E-state index in [0.717, 1.165) is 19.4 Å². The van der Waals surface area contributed by atoms with Crippen LogP contribution in [0, 0.1) is 0 Å². The lowest BCUT2D eigenvalue weighted by atomic mass is 10.00. The summed E-state index contributed by atoms with van der Waals surface area (Å²) in [5, 5.41) is 0. The van der Waals surface area contributed by atoms with Crippen LogP contribution < -0.4 is 5.73 Å². The Kier molecular flexibility index (Phi) is 4.71. The largest absolute Gasteiger partial charge is 0.393 e. The third kappa shape index (κ3) is 4.02. The summed E-state index contributed by atoms with van der Waals surface area (Å²) in [5.41, 5.74) is 5.68. The summed E-state index contributed by atoms with van der Waals surface area (Å²) < 4.78 is 0. The summed E-state index contributed by atoms with van der Waals surface area (Å²) in [5.74, 6) is 0. The quantitative estimate of drug-likeness (QED) is 0.667. The molecule has 0 aliphatic carbocycles. The van der Waals surface area contributed by atoms with Gasteiger partial charge in [-0.3, -0.25) is 0 Å². The average molecular weight is 188 g/mol. The first-order valence-corrected chi connectivity index (χ1v) is 4.80. The van der Waals surface area contributed by atoms with Crippen LogP contribution >= 0.6 is 12.2 Å². The van der Waals surface area contributed by atoms with E-state index in [1.807, 2.05) is 0 Å². The third-order valence-electron chi connectivity index (χ3n) is 2.59. The van der Waals surface area contributed by atoms with Gasteiger partial charge in [-0.2, -0.15) is 0 Å². The number of rotatable bonds is 5. The molecule has 0 aromatic carbocycles. The van der Waals surface area contributed by atoms with Gasteiger partial charge in [0.05, 0.1) is 4.99 Å². The van der Waals surface area contributed by atoms with Crippen LogP contribution in [0.1, 0.15) is 33.6 Å². The molecular weight excluding hydrogens is 168 g/mol. The highest BCUT2D eigenvalue weighted by Crippen LogP contribution is 2.15. The Balaban J connectivity index is 3.86. The highest BCUT2D eigenvalue weighted by atomic mass is 32.1. The minimum Gasteiger partial charge on any atom is -0.393 e. The van der Waals surface area contributed by atoms with E-state index in [4.69, 9.17) is 18.0 Å². The fourth-order valence-corrected chi connectivity index (χ4v) is 0.942. The SMILES string of the molecule is CCC(C)(C)N(C)CCC(N)=S. The van der Waals surface area contributed by atoms with Crippen LogP contribution in [0.15, 0.2) is 0 Å². The zero-order valence-electron chi connectivity index (χ0n) is 8.55. The molecule has 0 saturated heterocycles. The fraction of sp³-hybridized carbons (Fsp3) is 0.889. The number of hydrogen-bond acceptors (Lipinski definition) is 2. The van der Waals surface area contributed by atoms with Crippen LogP contribution in [0.5, 0.6) is 0 Å². The van der Waals surface area contributed by atoms with Crippen molar-refractivity contribution < 1.29 is 0 Å². The van der Waals surface area contributed by atoms with Gasteiger partial charge in [0, 0.05) is 18.5 Å². The van der Waals surface area contributed by atoms with Crippen molar-refractivity contribution in [2.75, 3.05) is 13.6 Å². The minimum absolute atomic E-state index is 0.255. The molecule has 0 bridgehead atoms. The van der Waals surface area contributed by atoms with E-state index in [0.29, 0.717) is 4.99 Å². The van der Waals surface area contributed by atoms with Gasteiger partial charge in [0.2, 0.25) is 0 Å². The molecule has 0 aliphatic heterocycles. The van der Waals surface area contributed by atoms with Crippen LogP contribution in [0.3, 0.4) is 0 Å². The van der Waals surface area contributed by atoms with E-state index in [1.54, 1.807) is 0 Å². The van der Waals surface area contributed by atoms with Crippen LogP contribution in [0.4, 0.5) is 0 Å². The minimum atomic E-state index is 0.255. The lowest BCUT2D eigenvalue weighted by molar-refractivity contribution is 0.155. The van der Waals surface area contributed by atoms with Gasteiger partial charge >= 0.3 is 0 Å². The molecule has 0 spiro atoms. The first kappa shape index (κ1) is 11.8. The Morgan fingerprint density at radius 1 is 1.50 bits per heavy atom. The van der Waals surface area contributed by atoms with Crippen molar-refractivity contribution in [1.29, 1.82) is 0 Å². The summed E-state index contributed by atoms with van der Waals surface area (Å²) in [4.78, 5) is 2.90. The predicted octanol–water partition coefficient (Wildman–Crippen LogP) is 1.78. The van der Waals surface area contributed by atoms with Gasteiger partial charge in [-0.05, 0) is 27.3 Å². The monoisotopic (exact) mass is 188 g/mol. The highest BCUT2D eigenvalue weighted by molar-refractivity contribution is 7.80. The van der Waals surface area contributed by atoms with E-state index in [-0.39, 0.29) is 5.54 Å². The zero-order valence-corrected chi connectivity index (χ0v) is 9.37. The second-order valence-electron chi connectivity index (χ2n) is 3.80. The molecule has 0 amide bonds. The number of thiocarbonyl (C=S) groups is 1. The van der Waals surface area contributed by atoms with Gasteiger partial charge in [0.25, 0.3) is 0 Å². The van der Waals surface area contributed by atoms with Crippen molar-refractivity contribution in [3.63, 3.8) is 0 Å². The zero-order chi connectivity index (χ0) is 9.78. The summed E-state index contributed by atoms with van der Waals surface area (Å²) in [6.45, 7) is 7.60. The first-order chi connectivity index (χ1) is 5.40. The lowest BCUT2D eigenvalue weighted by Crippen LogP contribution is -2.41. The van der Waals surface area contributed by atoms with E-state index in [9.17, 15) is 0 Å². The van der Waals surface area contributed by atoms with Gasteiger partial charge in [-0.15, -0.1) is 0 Å². The summed E-state index contributed by atoms with van der Waals surface area (Å²) in [7, 11) is 2.11. The van der Waals surface area contributed by atoms with Crippen molar-refractivity contribution in [2.45, 2.75) is 39.2 Å². The Morgan fingerprint density at radius 2 is 2.00 bits per heavy atom. The number of hydrogen-bond donors (Lipinski definition) is 1. The molecule has 72 valence electrons. The number of nitrogens with zero attached hydrogens (tertiary/aromatic N) is 1. The molecule has 2 nitrogen and oxygen atoms in total. The maximum absolute atomic E-state index is 5.43. The second kappa shape index (κ2) is 4.77. The highest BCUT2D eigenvalue weighted by Gasteiger charge is 2.20. The second-order valence-corrected chi connectivity index (χ2v) is 4.33. The molecule has 0 fully saturated rings. The molecule has 0 atom stereocenters. The van der Waals surface area contributed by atoms with Gasteiger partial charge < -0.3 is 10.6 Å². The first-order valence-electron chi connectivity index (χ1n) is 4.39. The molecule has 0 aromatic heterocycles. The van der Waals surface area contributed by atoms with Crippen molar-refractivity contribution in [3.8, 4) is 0 Å². The summed E-state index contributed by atoms with van der Waals surface area (Å²) >= 11 is 4.82.